The van der Waals surface area contributed by atoms with Crippen molar-refractivity contribution >= 4 is 11.9 Å². The van der Waals surface area contributed by atoms with Gasteiger partial charge in [-0.1, -0.05) is 19.3 Å². The molecule has 0 aromatic carbocycles. The van der Waals surface area contributed by atoms with Crippen LogP contribution in [0.15, 0.2) is 18.5 Å². The molecule has 6 heteroatoms. The minimum atomic E-state index is -0.802. The van der Waals surface area contributed by atoms with Gasteiger partial charge in [0.05, 0.1) is 5.41 Å². The van der Waals surface area contributed by atoms with Crippen LogP contribution in [0.2, 0.25) is 0 Å². The molecule has 2 rings (SSSR count). The highest BCUT2D eigenvalue weighted by Gasteiger charge is 2.40. The average molecular weight is 279 g/mol. The lowest BCUT2D eigenvalue weighted by Crippen LogP contribution is -2.45. The number of nitrogens with one attached hydrogen (secondary N) is 1. The highest BCUT2D eigenvalue weighted by molar-refractivity contribution is 5.81. The first kappa shape index (κ1) is 14.6. The number of carbonyl (C=O) groups is 2. The minimum Gasteiger partial charge on any atom is -0.481 e. The molecule has 1 amide bonds. The molecule has 1 saturated carbocycles. The number of hydrogen-bond donors (Lipinski definition) is 2. The molecule has 1 aromatic heterocycles. The Balaban J connectivity index is 1.95. The first-order valence-corrected chi connectivity index (χ1v) is 7.05. The number of carbonyl (C=O) groups excluding carboxylic acids is 1. The summed E-state index contributed by atoms with van der Waals surface area (Å²) in [4.78, 5) is 23.6. The van der Waals surface area contributed by atoms with Gasteiger partial charge >= 0.3 is 5.97 Å². The fourth-order valence-electron chi connectivity index (χ4n) is 2.73. The Hall–Kier alpha value is -1.85. The van der Waals surface area contributed by atoms with E-state index in [2.05, 4.69) is 10.4 Å². The highest BCUT2D eigenvalue weighted by atomic mass is 16.4. The number of nitrogens with zero attached hydrogens (tertiary/aromatic N) is 2. The van der Waals surface area contributed by atoms with Crippen molar-refractivity contribution in [1.82, 2.24) is 15.1 Å². The largest absolute Gasteiger partial charge is 0.481 e. The normalized spacial score (nSPS) is 19.2. The lowest BCUT2D eigenvalue weighted by Gasteiger charge is -2.33. The summed E-state index contributed by atoms with van der Waals surface area (Å²) in [6.07, 6.45) is 7.51. The molecule has 1 heterocycles. The maximum atomic E-state index is 12.1. The van der Waals surface area contributed by atoms with E-state index in [1.54, 1.807) is 30.1 Å². The topological polar surface area (TPSA) is 84.2 Å². The van der Waals surface area contributed by atoms with Crippen LogP contribution < -0.4 is 5.32 Å². The molecule has 1 atom stereocenters. The van der Waals surface area contributed by atoms with Gasteiger partial charge in [0.1, 0.15) is 6.04 Å². The quantitative estimate of drug-likeness (QED) is 0.857. The second-order valence-electron chi connectivity index (χ2n) is 5.53. The minimum absolute atomic E-state index is 0.195. The Morgan fingerprint density at radius 3 is 2.65 bits per heavy atom. The van der Waals surface area contributed by atoms with Crippen molar-refractivity contribution < 1.29 is 14.7 Å². The van der Waals surface area contributed by atoms with Crippen LogP contribution in [0.5, 0.6) is 0 Å². The second kappa shape index (κ2) is 6.07. The SMILES string of the molecule is CC(C(=O)NCC1(C(=O)O)CCCCC1)n1cccn1. The van der Waals surface area contributed by atoms with Gasteiger partial charge in [-0.15, -0.1) is 0 Å². The number of rotatable bonds is 5. The molecular formula is C14H21N3O3. The van der Waals surface area contributed by atoms with E-state index in [-0.39, 0.29) is 12.5 Å². The third-order valence-corrected chi connectivity index (χ3v) is 4.17. The first-order valence-electron chi connectivity index (χ1n) is 7.05. The lowest BCUT2D eigenvalue weighted by molar-refractivity contribution is -0.151. The fraction of sp³-hybridized carbons (Fsp3) is 0.643. The smallest absolute Gasteiger partial charge is 0.311 e. The van der Waals surface area contributed by atoms with E-state index in [1.165, 1.54) is 0 Å². The van der Waals surface area contributed by atoms with E-state index in [9.17, 15) is 14.7 Å². The first-order chi connectivity index (χ1) is 9.55. The summed E-state index contributed by atoms with van der Waals surface area (Å²) in [5.74, 6) is -0.996. The molecule has 1 unspecified atom stereocenters. The fourth-order valence-corrected chi connectivity index (χ4v) is 2.73. The van der Waals surface area contributed by atoms with Gasteiger partial charge in [0.2, 0.25) is 5.91 Å². The van der Waals surface area contributed by atoms with Crippen molar-refractivity contribution in [2.24, 2.45) is 5.41 Å². The van der Waals surface area contributed by atoms with E-state index >= 15 is 0 Å². The van der Waals surface area contributed by atoms with Gasteiger partial charge in [0.15, 0.2) is 0 Å². The molecule has 1 fully saturated rings. The maximum Gasteiger partial charge on any atom is 0.311 e. The standard InChI is InChI=1S/C14H21N3O3/c1-11(17-9-5-8-16-17)12(18)15-10-14(13(19)20)6-3-2-4-7-14/h5,8-9,11H,2-4,6-7,10H2,1H3,(H,15,18)(H,19,20). The molecule has 0 aliphatic heterocycles. The zero-order valence-corrected chi connectivity index (χ0v) is 11.7. The van der Waals surface area contributed by atoms with Gasteiger partial charge in [0.25, 0.3) is 0 Å². The second-order valence-corrected chi connectivity index (χ2v) is 5.53. The van der Waals surface area contributed by atoms with Crippen LogP contribution in [0.1, 0.15) is 45.1 Å². The van der Waals surface area contributed by atoms with E-state index in [1.807, 2.05) is 0 Å². The van der Waals surface area contributed by atoms with Crippen LogP contribution in [0, 0.1) is 5.41 Å². The van der Waals surface area contributed by atoms with Crippen LogP contribution in [0.25, 0.3) is 0 Å². The molecule has 20 heavy (non-hydrogen) atoms. The molecular weight excluding hydrogens is 258 g/mol. The Labute approximate surface area is 118 Å². The van der Waals surface area contributed by atoms with Crippen molar-refractivity contribution in [3.05, 3.63) is 18.5 Å². The van der Waals surface area contributed by atoms with Crippen molar-refractivity contribution in [3.8, 4) is 0 Å². The highest BCUT2D eigenvalue weighted by Crippen LogP contribution is 2.36. The Morgan fingerprint density at radius 2 is 2.10 bits per heavy atom. The van der Waals surface area contributed by atoms with E-state index < -0.39 is 17.4 Å². The van der Waals surface area contributed by atoms with Gasteiger partial charge < -0.3 is 10.4 Å². The van der Waals surface area contributed by atoms with E-state index in [4.69, 9.17) is 0 Å². The van der Waals surface area contributed by atoms with Gasteiger partial charge in [-0.05, 0) is 25.8 Å². The zero-order chi connectivity index (χ0) is 14.6. The number of hydrogen-bond acceptors (Lipinski definition) is 3. The van der Waals surface area contributed by atoms with Gasteiger partial charge in [-0.2, -0.15) is 5.10 Å². The number of aromatic nitrogens is 2. The van der Waals surface area contributed by atoms with Crippen molar-refractivity contribution in [1.29, 1.82) is 0 Å². The summed E-state index contributed by atoms with van der Waals surface area (Å²) in [5, 5.41) is 16.3. The van der Waals surface area contributed by atoms with Crippen LogP contribution in [-0.4, -0.2) is 33.3 Å². The Morgan fingerprint density at radius 1 is 1.40 bits per heavy atom. The molecule has 0 saturated heterocycles. The van der Waals surface area contributed by atoms with Crippen LogP contribution >= 0.6 is 0 Å². The van der Waals surface area contributed by atoms with Crippen molar-refractivity contribution in [3.63, 3.8) is 0 Å². The molecule has 0 spiro atoms. The number of amides is 1. The number of carboxylic acid groups (broad SMARTS) is 1. The third-order valence-electron chi connectivity index (χ3n) is 4.17. The summed E-state index contributed by atoms with van der Waals surface area (Å²) in [5.41, 5.74) is -0.794. The van der Waals surface area contributed by atoms with E-state index in [0.717, 1.165) is 19.3 Å². The molecule has 1 aliphatic rings. The van der Waals surface area contributed by atoms with Gasteiger partial charge in [-0.25, -0.2) is 0 Å². The van der Waals surface area contributed by atoms with Crippen LogP contribution in [0.3, 0.4) is 0 Å². The van der Waals surface area contributed by atoms with Crippen LogP contribution in [-0.2, 0) is 9.59 Å². The molecule has 2 N–H and O–H groups in total. The third kappa shape index (κ3) is 3.00. The number of aliphatic carboxylic acids is 1. The summed E-state index contributed by atoms with van der Waals surface area (Å²) in [6, 6.07) is 1.32. The molecule has 1 aromatic rings. The Bertz CT molecular complexity index is 464. The molecule has 0 radical (unpaired) electrons. The number of carboxylic acids is 1. The summed E-state index contributed by atoms with van der Waals surface area (Å²) in [7, 11) is 0. The summed E-state index contributed by atoms with van der Waals surface area (Å²) in [6.45, 7) is 1.95. The average Bonchev–Trinajstić information content (AvgIpc) is 2.99. The van der Waals surface area contributed by atoms with Crippen molar-refractivity contribution in [2.75, 3.05) is 6.54 Å². The van der Waals surface area contributed by atoms with Crippen LogP contribution in [0.4, 0.5) is 0 Å². The Kier molecular flexibility index (Phi) is 4.42. The maximum absolute atomic E-state index is 12.1. The van der Waals surface area contributed by atoms with Gasteiger partial charge in [0, 0.05) is 18.9 Å². The molecule has 6 nitrogen and oxygen atoms in total. The predicted octanol–water partition coefficient (Wildman–Crippen LogP) is 1.60. The van der Waals surface area contributed by atoms with Gasteiger partial charge in [-0.3, -0.25) is 14.3 Å². The van der Waals surface area contributed by atoms with E-state index in [0.29, 0.717) is 12.8 Å². The molecule has 110 valence electrons. The predicted molar refractivity (Wildman–Crippen MR) is 73.1 cm³/mol. The molecule has 1 aliphatic carbocycles. The van der Waals surface area contributed by atoms with Crippen molar-refractivity contribution in [2.45, 2.75) is 45.1 Å². The summed E-state index contributed by atoms with van der Waals surface area (Å²) >= 11 is 0. The summed E-state index contributed by atoms with van der Waals surface area (Å²) < 4.78 is 1.56. The monoisotopic (exact) mass is 279 g/mol. The zero-order valence-electron chi connectivity index (χ0n) is 11.7. The molecule has 0 bridgehead atoms. The lowest BCUT2D eigenvalue weighted by atomic mass is 9.74.